The van der Waals surface area contributed by atoms with Crippen molar-refractivity contribution in [2.45, 2.75) is 56.2 Å². The van der Waals surface area contributed by atoms with E-state index in [0.29, 0.717) is 11.4 Å². The van der Waals surface area contributed by atoms with Gasteiger partial charge in [-0.05, 0) is 30.7 Å². The molecule has 0 aliphatic rings. The highest BCUT2D eigenvalue weighted by Gasteiger charge is 2.38. The van der Waals surface area contributed by atoms with Gasteiger partial charge in [-0.2, -0.15) is 17.6 Å². The van der Waals surface area contributed by atoms with E-state index in [4.69, 9.17) is 10.8 Å². The number of aliphatic hydroxyl groups is 4. The van der Waals surface area contributed by atoms with E-state index < -0.39 is 97.3 Å². The Morgan fingerprint density at radius 2 is 1.60 bits per heavy atom. The Balaban J connectivity index is 1.61. The zero-order valence-electron chi connectivity index (χ0n) is 26.1. The summed E-state index contributed by atoms with van der Waals surface area (Å²) in [6, 6.07) is 2.76. The van der Waals surface area contributed by atoms with Crippen molar-refractivity contribution in [1.82, 2.24) is 30.6 Å². The van der Waals surface area contributed by atoms with Crippen LogP contribution in [0, 0.1) is 5.92 Å². The van der Waals surface area contributed by atoms with Crippen molar-refractivity contribution in [3.63, 3.8) is 0 Å². The van der Waals surface area contributed by atoms with Gasteiger partial charge in [-0.25, -0.2) is 19.6 Å². The third-order valence-corrected chi connectivity index (χ3v) is 7.71. The smallest absolute Gasteiger partial charge is 0.327 e. The van der Waals surface area contributed by atoms with Crippen molar-refractivity contribution in [3.05, 3.63) is 52.1 Å². The summed E-state index contributed by atoms with van der Waals surface area (Å²) in [5.41, 5.74) is 6.03. The summed E-state index contributed by atoms with van der Waals surface area (Å²) in [7, 11) is 0. The number of nitrogen functional groups attached to an aromatic ring is 1. The molecule has 2 amide bonds. The number of thiol groups is 1. The molecular weight excluding hydrogens is 684 g/mol. The number of nitrogens with two attached hydrogens (primary N) is 1. The molecule has 0 aliphatic carbocycles. The molecule has 270 valence electrons. The molecular formula is C29H36N8O12S. The van der Waals surface area contributed by atoms with Gasteiger partial charge in [0.1, 0.15) is 30.1 Å². The number of anilines is 2. The predicted octanol–water partition coefficient (Wildman–Crippen LogP) is -2.98. The Morgan fingerprint density at radius 3 is 2.20 bits per heavy atom. The number of carbonyl (C=O) groups is 5. The number of benzene rings is 1. The second-order valence-electron chi connectivity index (χ2n) is 11.0. The first-order valence-corrected chi connectivity index (χ1v) is 15.5. The molecule has 0 saturated carbocycles. The zero-order chi connectivity index (χ0) is 37.1. The minimum absolute atomic E-state index is 0.00193. The highest BCUT2D eigenvalue weighted by Crippen LogP contribution is 2.19. The lowest BCUT2D eigenvalue weighted by Gasteiger charge is -2.28. The topological polar surface area (TPSA) is 340 Å². The number of nitrogens with zero attached hydrogens (tertiary/aromatic N) is 3. The number of nitrogens with one attached hydrogen (secondary N) is 4. The van der Waals surface area contributed by atoms with Gasteiger partial charge in [0, 0.05) is 29.8 Å². The SMILES string of the molecule is Nc1nc2ncc(CNc3ccc(C(=O)N[C@@H](CCC(=O)C[C@H](C(=O)N[C@H](CS)C(=O)O)[C@@H](O)[C@H](O)[C@H](O)CO)C(=O)O)cc3)nc2c(=O)[nH]1. The van der Waals surface area contributed by atoms with Crippen molar-refractivity contribution in [1.29, 1.82) is 0 Å². The minimum Gasteiger partial charge on any atom is -0.480 e. The number of fused-ring (bicyclic) bond motifs is 1. The van der Waals surface area contributed by atoms with Crippen LogP contribution in [0.4, 0.5) is 11.6 Å². The number of hydrogen-bond donors (Lipinski definition) is 12. The molecule has 20 nitrogen and oxygen atoms in total. The van der Waals surface area contributed by atoms with Crippen LogP contribution in [0.3, 0.4) is 0 Å². The average Bonchev–Trinajstić information content (AvgIpc) is 3.09. The van der Waals surface area contributed by atoms with Crippen LogP contribution < -0.4 is 27.2 Å². The molecule has 2 heterocycles. The maximum atomic E-state index is 12.8. The van der Waals surface area contributed by atoms with Gasteiger partial charge in [-0.1, -0.05) is 0 Å². The van der Waals surface area contributed by atoms with Crippen LogP contribution in [0.5, 0.6) is 0 Å². The largest absolute Gasteiger partial charge is 0.480 e. The lowest BCUT2D eigenvalue weighted by Crippen LogP contribution is -2.52. The van der Waals surface area contributed by atoms with E-state index >= 15 is 0 Å². The number of hydrogen-bond acceptors (Lipinski definition) is 16. The number of carbonyl (C=O) groups excluding carboxylic acids is 3. The fourth-order valence-electron chi connectivity index (χ4n) is 4.55. The fourth-order valence-corrected chi connectivity index (χ4v) is 4.79. The fraction of sp³-hybridized carbons (Fsp3) is 0.414. The summed E-state index contributed by atoms with van der Waals surface area (Å²) < 4.78 is 0. The van der Waals surface area contributed by atoms with Gasteiger partial charge in [0.25, 0.3) is 11.5 Å². The molecule has 0 unspecified atom stereocenters. The monoisotopic (exact) mass is 720 g/mol. The van der Waals surface area contributed by atoms with Crippen LogP contribution in [0.25, 0.3) is 11.2 Å². The predicted molar refractivity (Wildman–Crippen MR) is 176 cm³/mol. The van der Waals surface area contributed by atoms with E-state index in [9.17, 15) is 54.3 Å². The standard InChI is InChI=1S/C29H36N8O12S/c30-29-36-23-20(26(45)37-29)33-14(9-32-23)8-31-13-3-1-12(2-4-13)24(43)34-17(27(46)47)6-5-15(39)7-16(21(41)22(42)19(40)10-38)25(44)35-18(11-50)28(48)49/h1-4,9,16-19,21-22,31,38,40-42,50H,5-8,10-11H2,(H,34,43)(H,35,44)(H,46,47)(H,48,49)(H3,30,32,36,37,45)/t16-,17-,18+,19+,21+,22+/m0/s1. The average molecular weight is 721 g/mol. The molecule has 0 fully saturated rings. The van der Waals surface area contributed by atoms with Gasteiger partial charge in [0.05, 0.1) is 37.1 Å². The summed E-state index contributed by atoms with van der Waals surface area (Å²) in [6.07, 6.45) is -6.54. The number of rotatable bonds is 19. The number of Topliss-reactive ketones (excluding diaryl/α,β-unsaturated/α-hetero) is 1. The van der Waals surface area contributed by atoms with E-state index in [2.05, 4.69) is 48.5 Å². The second-order valence-corrected chi connectivity index (χ2v) is 11.3. The van der Waals surface area contributed by atoms with Crippen molar-refractivity contribution in [2.75, 3.05) is 23.4 Å². The summed E-state index contributed by atoms with van der Waals surface area (Å²) >= 11 is 3.82. The zero-order valence-corrected chi connectivity index (χ0v) is 27.0. The maximum Gasteiger partial charge on any atom is 0.327 e. The number of amides is 2. The normalized spacial score (nSPS) is 14.8. The summed E-state index contributed by atoms with van der Waals surface area (Å²) in [5.74, 6) is -8.00. The molecule has 3 rings (SSSR count). The van der Waals surface area contributed by atoms with E-state index in [1.165, 1.54) is 30.5 Å². The van der Waals surface area contributed by atoms with Crippen LogP contribution in [-0.4, -0.2) is 123 Å². The molecule has 3 aromatic rings. The molecule has 12 N–H and O–H groups in total. The molecule has 0 spiro atoms. The number of carboxylic acids is 2. The van der Waals surface area contributed by atoms with Crippen molar-refractivity contribution in [2.24, 2.45) is 5.92 Å². The molecule has 50 heavy (non-hydrogen) atoms. The Kier molecular flexibility index (Phi) is 14.1. The number of carboxylic acid groups (broad SMARTS) is 2. The number of H-pyrrole nitrogens is 1. The van der Waals surface area contributed by atoms with E-state index in [1.54, 1.807) is 0 Å². The first-order chi connectivity index (χ1) is 23.6. The van der Waals surface area contributed by atoms with Crippen LogP contribution >= 0.6 is 12.6 Å². The van der Waals surface area contributed by atoms with E-state index in [1.807, 2.05) is 0 Å². The third-order valence-electron chi connectivity index (χ3n) is 7.35. The van der Waals surface area contributed by atoms with Crippen molar-refractivity contribution < 1.29 is 54.6 Å². The molecule has 0 saturated heterocycles. The van der Waals surface area contributed by atoms with Gasteiger partial charge >= 0.3 is 11.9 Å². The lowest BCUT2D eigenvalue weighted by molar-refractivity contribution is -0.147. The first-order valence-electron chi connectivity index (χ1n) is 14.8. The third kappa shape index (κ3) is 10.6. The number of aliphatic carboxylic acids is 2. The minimum atomic E-state index is -2.13. The molecule has 0 radical (unpaired) electrons. The van der Waals surface area contributed by atoms with Crippen LogP contribution in [-0.2, 0) is 25.7 Å². The van der Waals surface area contributed by atoms with Gasteiger partial charge in [0.15, 0.2) is 11.2 Å². The van der Waals surface area contributed by atoms with Crippen molar-refractivity contribution in [3.8, 4) is 0 Å². The Morgan fingerprint density at radius 1 is 0.940 bits per heavy atom. The molecule has 0 bridgehead atoms. The number of aromatic nitrogens is 4. The van der Waals surface area contributed by atoms with E-state index in [0.717, 1.165) is 0 Å². The van der Waals surface area contributed by atoms with Gasteiger partial charge < -0.3 is 52.3 Å². The highest BCUT2D eigenvalue weighted by molar-refractivity contribution is 7.80. The van der Waals surface area contributed by atoms with Crippen LogP contribution in [0.15, 0.2) is 35.3 Å². The molecule has 0 aliphatic heterocycles. The van der Waals surface area contributed by atoms with Crippen LogP contribution in [0.2, 0.25) is 0 Å². The second kappa shape index (κ2) is 18.0. The van der Waals surface area contributed by atoms with Gasteiger partial charge in [-0.15, -0.1) is 0 Å². The quantitative estimate of drug-likeness (QED) is 0.0550. The Hall–Kier alpha value is -5.22. The highest BCUT2D eigenvalue weighted by atomic mass is 32.1. The molecule has 1 aromatic carbocycles. The molecule has 6 atom stereocenters. The molecule has 21 heteroatoms. The lowest BCUT2D eigenvalue weighted by atomic mass is 9.88. The van der Waals surface area contributed by atoms with Crippen molar-refractivity contribution >= 4 is 65.0 Å². The maximum absolute atomic E-state index is 12.8. The van der Waals surface area contributed by atoms with Gasteiger partial charge in [-0.3, -0.25) is 24.2 Å². The Bertz CT molecular complexity index is 1760. The number of ketones is 1. The number of aromatic amines is 1. The first kappa shape index (κ1) is 39.2. The molecule has 2 aromatic heterocycles. The summed E-state index contributed by atoms with van der Waals surface area (Å²) in [5, 5.41) is 65.7. The number of aliphatic hydroxyl groups excluding tert-OH is 4. The van der Waals surface area contributed by atoms with Gasteiger partial charge in [0.2, 0.25) is 11.9 Å². The Labute approximate surface area is 287 Å². The van der Waals surface area contributed by atoms with E-state index in [-0.39, 0.29) is 35.0 Å². The summed E-state index contributed by atoms with van der Waals surface area (Å²) in [4.78, 5) is 88.3. The van der Waals surface area contributed by atoms with Crippen LogP contribution in [0.1, 0.15) is 35.3 Å². The summed E-state index contributed by atoms with van der Waals surface area (Å²) in [6.45, 7) is -0.865.